The van der Waals surface area contributed by atoms with Crippen LogP contribution in [0.15, 0.2) is 101 Å². The molecule has 0 spiro atoms. The maximum atomic E-state index is 13.1. The molecule has 1 unspecified atom stereocenters. The van der Waals surface area contributed by atoms with Crippen LogP contribution in [0.2, 0.25) is 0 Å². The van der Waals surface area contributed by atoms with Crippen molar-refractivity contribution in [2.75, 3.05) is 5.32 Å². The Morgan fingerprint density at radius 2 is 1.53 bits per heavy atom. The summed E-state index contributed by atoms with van der Waals surface area (Å²) in [4.78, 5) is 25.5. The first-order valence-corrected chi connectivity index (χ1v) is 10.4. The molecule has 0 aliphatic carbocycles. The molecule has 1 aromatic heterocycles. The maximum absolute atomic E-state index is 13.1. The van der Waals surface area contributed by atoms with Crippen LogP contribution in [-0.4, -0.2) is 20.7 Å². The number of carbonyl (C=O) groups is 1. The number of nitrogens with one attached hydrogen (secondary N) is 2. The van der Waals surface area contributed by atoms with E-state index in [9.17, 15) is 9.59 Å². The summed E-state index contributed by atoms with van der Waals surface area (Å²) in [5.74, 6) is -0.181. The van der Waals surface area contributed by atoms with Crippen molar-refractivity contribution in [2.45, 2.75) is 17.0 Å². The summed E-state index contributed by atoms with van der Waals surface area (Å²) in [7, 11) is 0. The smallest absolute Gasteiger partial charge is 0.325 e. The van der Waals surface area contributed by atoms with Gasteiger partial charge in [-0.15, -0.1) is 5.10 Å². The fraction of sp³-hybridized carbons (Fsp3) is 0.0870. The largest absolute Gasteiger partial charge is 0.344 e. The number of carbonyl (C=O) groups excluding carboxylic acids is 1. The zero-order valence-electron chi connectivity index (χ0n) is 16.1. The van der Waals surface area contributed by atoms with Crippen molar-refractivity contribution in [3.8, 4) is 0 Å². The predicted molar refractivity (Wildman–Crippen MR) is 119 cm³/mol. The third-order valence-electron chi connectivity index (χ3n) is 4.51. The molecule has 0 radical (unpaired) electrons. The number of H-pyrrole nitrogens is 1. The molecule has 4 aromatic rings. The van der Waals surface area contributed by atoms with Crippen molar-refractivity contribution < 1.29 is 4.79 Å². The molecule has 3 aromatic carbocycles. The normalized spacial score (nSPS) is 11.7. The molecule has 0 saturated carbocycles. The molecule has 6 nitrogen and oxygen atoms in total. The maximum Gasteiger partial charge on any atom is 0.344 e. The summed E-state index contributed by atoms with van der Waals surface area (Å²) >= 11 is 1.24. The van der Waals surface area contributed by atoms with Gasteiger partial charge in [-0.05, 0) is 23.3 Å². The van der Waals surface area contributed by atoms with Crippen LogP contribution in [0.25, 0.3) is 0 Å². The van der Waals surface area contributed by atoms with Crippen LogP contribution in [0.5, 0.6) is 0 Å². The lowest BCUT2D eigenvalue weighted by atomic mass is 10.1. The second-order valence-corrected chi connectivity index (χ2v) is 7.72. The molecular weight excluding hydrogens is 396 g/mol. The van der Waals surface area contributed by atoms with Gasteiger partial charge in [-0.2, -0.15) is 0 Å². The Balaban J connectivity index is 1.63. The Kier molecular flexibility index (Phi) is 6.10. The predicted octanol–water partition coefficient (Wildman–Crippen LogP) is 4.09. The van der Waals surface area contributed by atoms with Gasteiger partial charge in [-0.25, -0.2) is 9.89 Å². The van der Waals surface area contributed by atoms with Gasteiger partial charge in [-0.3, -0.25) is 9.36 Å². The number of rotatable bonds is 7. The number of aromatic amines is 1. The van der Waals surface area contributed by atoms with Gasteiger partial charge >= 0.3 is 5.69 Å². The van der Waals surface area contributed by atoms with Crippen LogP contribution in [0.1, 0.15) is 16.4 Å². The molecule has 2 N–H and O–H groups in total. The van der Waals surface area contributed by atoms with Gasteiger partial charge in [-0.1, -0.05) is 90.6 Å². The van der Waals surface area contributed by atoms with Gasteiger partial charge in [0, 0.05) is 5.69 Å². The van der Waals surface area contributed by atoms with E-state index in [2.05, 4.69) is 15.5 Å². The number of anilines is 1. The molecule has 0 fully saturated rings. The number of aromatic nitrogens is 3. The monoisotopic (exact) mass is 416 g/mol. The highest BCUT2D eigenvalue weighted by Crippen LogP contribution is 2.35. The lowest BCUT2D eigenvalue weighted by Crippen LogP contribution is -2.21. The number of hydrogen-bond acceptors (Lipinski definition) is 4. The fourth-order valence-corrected chi connectivity index (χ4v) is 4.08. The van der Waals surface area contributed by atoms with Crippen molar-refractivity contribution in [1.29, 1.82) is 0 Å². The van der Waals surface area contributed by atoms with E-state index in [1.807, 2.05) is 91.0 Å². The van der Waals surface area contributed by atoms with Crippen molar-refractivity contribution >= 4 is 23.4 Å². The van der Waals surface area contributed by atoms with Crippen LogP contribution in [-0.2, 0) is 11.3 Å². The zero-order chi connectivity index (χ0) is 20.8. The van der Waals surface area contributed by atoms with Crippen molar-refractivity contribution in [3.05, 3.63) is 113 Å². The van der Waals surface area contributed by atoms with E-state index in [1.54, 1.807) is 4.57 Å². The van der Waals surface area contributed by atoms with Crippen LogP contribution >= 0.6 is 11.8 Å². The molecule has 1 amide bonds. The fourth-order valence-electron chi connectivity index (χ4n) is 3.03. The molecule has 4 rings (SSSR count). The van der Waals surface area contributed by atoms with Crippen LogP contribution < -0.4 is 11.0 Å². The van der Waals surface area contributed by atoms with E-state index in [1.165, 1.54) is 11.8 Å². The summed E-state index contributed by atoms with van der Waals surface area (Å²) in [6.45, 7) is 0.375. The van der Waals surface area contributed by atoms with Gasteiger partial charge in [0.15, 0.2) is 5.16 Å². The zero-order valence-corrected chi connectivity index (χ0v) is 16.9. The van der Waals surface area contributed by atoms with Crippen molar-refractivity contribution in [3.63, 3.8) is 0 Å². The Hall–Kier alpha value is -3.58. The highest BCUT2D eigenvalue weighted by atomic mass is 32.2. The molecule has 1 heterocycles. The third kappa shape index (κ3) is 4.69. The molecule has 1 atom stereocenters. The van der Waals surface area contributed by atoms with Gasteiger partial charge < -0.3 is 5.32 Å². The Morgan fingerprint density at radius 3 is 2.20 bits per heavy atom. The van der Waals surface area contributed by atoms with Gasteiger partial charge in [0.25, 0.3) is 0 Å². The summed E-state index contributed by atoms with van der Waals surface area (Å²) in [5, 5.41) is 9.52. The SMILES string of the molecule is O=C(Nc1ccccc1)C(Sc1n[nH]c(=O)n1Cc1ccccc1)c1ccccc1. The van der Waals surface area contributed by atoms with E-state index in [0.29, 0.717) is 17.4 Å². The highest BCUT2D eigenvalue weighted by Gasteiger charge is 2.25. The topological polar surface area (TPSA) is 79.8 Å². The number of para-hydroxylation sites is 1. The van der Waals surface area contributed by atoms with E-state index in [-0.39, 0.29) is 11.6 Å². The minimum absolute atomic E-state index is 0.181. The summed E-state index contributed by atoms with van der Waals surface area (Å²) < 4.78 is 1.55. The average molecular weight is 417 g/mol. The first-order valence-electron chi connectivity index (χ1n) is 9.47. The number of nitrogens with zero attached hydrogens (tertiary/aromatic N) is 2. The van der Waals surface area contributed by atoms with E-state index >= 15 is 0 Å². The lowest BCUT2D eigenvalue weighted by Gasteiger charge is -2.17. The van der Waals surface area contributed by atoms with Gasteiger partial charge in [0.1, 0.15) is 5.25 Å². The van der Waals surface area contributed by atoms with Crippen LogP contribution in [0, 0.1) is 0 Å². The number of amides is 1. The Morgan fingerprint density at radius 1 is 0.933 bits per heavy atom. The molecular formula is C23H20N4O2S. The van der Waals surface area contributed by atoms with Gasteiger partial charge in [0.2, 0.25) is 5.91 Å². The van der Waals surface area contributed by atoms with E-state index < -0.39 is 5.25 Å². The molecule has 0 aliphatic rings. The van der Waals surface area contributed by atoms with Crippen molar-refractivity contribution in [1.82, 2.24) is 14.8 Å². The average Bonchev–Trinajstić information content (AvgIpc) is 3.13. The number of thioether (sulfide) groups is 1. The molecule has 0 saturated heterocycles. The second kappa shape index (κ2) is 9.28. The number of benzene rings is 3. The molecule has 30 heavy (non-hydrogen) atoms. The number of hydrogen-bond donors (Lipinski definition) is 2. The summed E-state index contributed by atoms with van der Waals surface area (Å²) in [5.41, 5.74) is 2.22. The molecule has 0 bridgehead atoms. The van der Waals surface area contributed by atoms with Crippen LogP contribution in [0.3, 0.4) is 0 Å². The van der Waals surface area contributed by atoms with E-state index in [4.69, 9.17) is 0 Å². The molecule has 7 heteroatoms. The van der Waals surface area contributed by atoms with Gasteiger partial charge in [0.05, 0.1) is 6.54 Å². The Bertz CT molecular complexity index is 1160. The second-order valence-electron chi connectivity index (χ2n) is 6.65. The molecule has 150 valence electrons. The third-order valence-corrected chi connectivity index (χ3v) is 5.76. The summed E-state index contributed by atoms with van der Waals surface area (Å²) in [6, 6.07) is 28.5. The van der Waals surface area contributed by atoms with Crippen LogP contribution in [0.4, 0.5) is 5.69 Å². The highest BCUT2D eigenvalue weighted by molar-refractivity contribution is 8.00. The van der Waals surface area contributed by atoms with E-state index in [0.717, 1.165) is 11.1 Å². The molecule has 0 aliphatic heterocycles. The first-order chi connectivity index (χ1) is 14.7. The standard InChI is InChI=1S/C23H20N4O2S/c28-21(24-19-14-8-3-9-15-19)20(18-12-6-2-7-13-18)30-23-26-25-22(29)27(23)16-17-10-4-1-5-11-17/h1-15,20H,16H2,(H,24,28)(H,25,29). The first kappa shape index (κ1) is 19.7. The summed E-state index contributed by atoms with van der Waals surface area (Å²) in [6.07, 6.45) is 0. The Labute approximate surface area is 178 Å². The quantitative estimate of drug-likeness (QED) is 0.445. The lowest BCUT2D eigenvalue weighted by molar-refractivity contribution is -0.115. The minimum atomic E-state index is -0.573. The van der Waals surface area contributed by atoms with Crippen molar-refractivity contribution in [2.24, 2.45) is 0 Å². The minimum Gasteiger partial charge on any atom is -0.325 e.